The molecule has 0 unspecified atom stereocenters. The van der Waals surface area contributed by atoms with E-state index in [1.54, 1.807) is 0 Å². The van der Waals surface area contributed by atoms with Gasteiger partial charge in [-0.05, 0) is 38.8 Å². The van der Waals surface area contributed by atoms with Crippen LogP contribution in [0.25, 0.3) is 0 Å². The number of nitrogens with one attached hydrogen (secondary N) is 1. The molecule has 2 rings (SSSR count). The Balaban J connectivity index is -0.0000000624. The van der Waals surface area contributed by atoms with Crippen molar-refractivity contribution in [3.8, 4) is 0 Å². The topological polar surface area (TPSA) is 105 Å². The second-order valence-electron chi connectivity index (χ2n) is 5.31. The first kappa shape index (κ1) is 41.4. The van der Waals surface area contributed by atoms with Gasteiger partial charge in [-0.1, -0.05) is 15.9 Å². The molecule has 2 aliphatic heterocycles. The minimum Gasteiger partial charge on any atom is -1.00 e. The molecule has 2 atom stereocenters. The molecule has 28 heavy (non-hydrogen) atoms. The van der Waals surface area contributed by atoms with Crippen LogP contribution in [0.4, 0.5) is 8.78 Å². The van der Waals surface area contributed by atoms with Gasteiger partial charge in [-0.3, -0.25) is 9.69 Å². The van der Waals surface area contributed by atoms with Crippen molar-refractivity contribution in [2.75, 3.05) is 51.3 Å². The number of aliphatic hydroxyl groups is 2. The molecule has 0 spiro atoms. The maximum absolute atomic E-state index is 12.6. The zero-order valence-corrected chi connectivity index (χ0v) is 25.5. The van der Waals surface area contributed by atoms with Crippen molar-refractivity contribution >= 4 is 34.8 Å². The smallest absolute Gasteiger partial charge is 1.00 e. The summed E-state index contributed by atoms with van der Waals surface area (Å²) in [5, 5.41) is 28.4. The Hall–Kier alpha value is 3.17. The Labute approximate surface area is 267 Å². The standard InChI is InChI=1S/C7H14FNO.C5H10FN.C2H5BrO.CH2O3.ClH.2K.H/c8-7-2-1-3-9(6-7)4-5-10;6-5-2-1-3-7-4-5;3-1-2-4;2-1-4-3;;;;/h7,10H,1-6H2;5,7H,1-4H2;4H,1-2H2;1,3H;1H;;;/q;;;;;2*+1;-1/p-1/t7-;5-;;;;;;/m11....../s1. The van der Waals surface area contributed by atoms with E-state index in [9.17, 15) is 8.78 Å². The fourth-order valence-electron chi connectivity index (χ4n) is 2.15. The number of alkyl halides is 3. The van der Waals surface area contributed by atoms with E-state index < -0.39 is 12.3 Å². The molecule has 2 heterocycles. The molecule has 2 aliphatic rings. The van der Waals surface area contributed by atoms with Crippen molar-refractivity contribution in [2.45, 2.75) is 38.0 Å². The zero-order chi connectivity index (χ0) is 19.3. The van der Waals surface area contributed by atoms with E-state index in [-0.39, 0.29) is 136 Å². The van der Waals surface area contributed by atoms with Crippen LogP contribution in [0.5, 0.6) is 0 Å². The van der Waals surface area contributed by atoms with Gasteiger partial charge in [-0.25, -0.2) is 8.78 Å². The van der Waals surface area contributed by atoms with Crippen molar-refractivity contribution in [2.24, 2.45) is 0 Å². The second kappa shape index (κ2) is 34.8. The maximum atomic E-state index is 12.6. The molecule has 162 valence electrons. The van der Waals surface area contributed by atoms with Crippen LogP contribution in [0.15, 0.2) is 0 Å². The third kappa shape index (κ3) is 33.8. The number of piperidine rings is 2. The van der Waals surface area contributed by atoms with Crippen LogP contribution in [0.3, 0.4) is 0 Å². The van der Waals surface area contributed by atoms with Gasteiger partial charge >= 0.3 is 103 Å². The fourth-order valence-corrected chi connectivity index (χ4v) is 2.15. The van der Waals surface area contributed by atoms with Gasteiger partial charge in [0.05, 0.1) is 13.2 Å². The fraction of sp³-hybridized carbons (Fsp3) is 0.933. The molecule has 0 bridgehead atoms. The Bertz CT molecular complexity index is 297. The summed E-state index contributed by atoms with van der Waals surface area (Å²) in [6.07, 6.45) is 2.14. The average molecular weight is 552 g/mol. The number of hydrogen-bond acceptors (Lipinski definition) is 7. The maximum Gasteiger partial charge on any atom is 1.00 e. The van der Waals surface area contributed by atoms with E-state index in [0.29, 0.717) is 31.4 Å². The Kier molecular flexibility index (Phi) is 51.5. The number of carbonyl (C=O) groups excluding carboxylic acids is 1. The number of nitrogens with zero attached hydrogens (tertiary/aromatic N) is 1. The summed E-state index contributed by atoms with van der Waals surface area (Å²) in [5.74, 6) is 0. The summed E-state index contributed by atoms with van der Waals surface area (Å²) >= 11 is 3.00. The van der Waals surface area contributed by atoms with E-state index in [1.165, 1.54) is 0 Å². The second-order valence-corrected chi connectivity index (χ2v) is 6.11. The van der Waals surface area contributed by atoms with Gasteiger partial charge in [0, 0.05) is 25.0 Å². The monoisotopic (exact) mass is 550 g/mol. The van der Waals surface area contributed by atoms with Crippen LogP contribution < -0.4 is 113 Å². The minimum absolute atomic E-state index is 0. The molecule has 0 amide bonds. The number of likely N-dealkylation sites (tertiary alicyclic amines) is 1. The molecule has 2 saturated heterocycles. The quantitative estimate of drug-likeness (QED) is 0.105. The summed E-state index contributed by atoms with van der Waals surface area (Å²) in [5.41, 5.74) is 0. The summed E-state index contributed by atoms with van der Waals surface area (Å²) in [6, 6.07) is 0. The Morgan fingerprint density at radius 3 is 2.04 bits per heavy atom. The number of aliphatic hydroxyl groups excluding tert-OH is 2. The molecule has 3 N–H and O–H groups in total. The minimum atomic E-state index is -0.666. The molecule has 0 aromatic rings. The van der Waals surface area contributed by atoms with E-state index in [4.69, 9.17) is 20.3 Å². The van der Waals surface area contributed by atoms with Crippen LogP contribution >= 0.6 is 28.3 Å². The van der Waals surface area contributed by atoms with Crippen molar-refractivity contribution in [1.29, 1.82) is 0 Å². The van der Waals surface area contributed by atoms with Gasteiger partial charge < -0.3 is 27.1 Å². The van der Waals surface area contributed by atoms with E-state index >= 15 is 0 Å². The van der Waals surface area contributed by atoms with E-state index in [0.717, 1.165) is 32.4 Å². The summed E-state index contributed by atoms with van der Waals surface area (Å²) in [6.45, 7) is 3.86. The first-order chi connectivity index (χ1) is 12.0. The van der Waals surface area contributed by atoms with Crippen molar-refractivity contribution in [3.63, 3.8) is 0 Å². The molecular formula is C15H32BrClF2K2N2O5. The normalized spacial score (nSPS) is 20.4. The van der Waals surface area contributed by atoms with Crippen LogP contribution in [0.1, 0.15) is 27.1 Å². The average Bonchev–Trinajstić information content (AvgIpc) is 2.64. The van der Waals surface area contributed by atoms with Gasteiger partial charge in [-0.2, -0.15) is 0 Å². The molecule has 0 radical (unpaired) electrons. The van der Waals surface area contributed by atoms with Crippen molar-refractivity contribution in [1.82, 2.24) is 10.2 Å². The van der Waals surface area contributed by atoms with Gasteiger partial charge in [0.1, 0.15) is 12.3 Å². The Morgan fingerprint density at radius 1 is 1.21 bits per heavy atom. The van der Waals surface area contributed by atoms with Crippen LogP contribution in [-0.4, -0.2) is 85.2 Å². The van der Waals surface area contributed by atoms with Crippen LogP contribution in [-0.2, 0) is 9.68 Å². The third-order valence-corrected chi connectivity index (χ3v) is 3.58. The first-order valence-corrected chi connectivity index (χ1v) is 9.38. The van der Waals surface area contributed by atoms with Crippen molar-refractivity contribution < 1.29 is 138 Å². The number of hydrogen-bond donors (Lipinski definition) is 3. The van der Waals surface area contributed by atoms with E-state index in [2.05, 4.69) is 26.1 Å². The molecule has 0 aromatic heterocycles. The van der Waals surface area contributed by atoms with Gasteiger partial charge in [0.2, 0.25) is 0 Å². The van der Waals surface area contributed by atoms with Crippen LogP contribution in [0.2, 0.25) is 0 Å². The molecule has 13 heteroatoms. The number of β-amino-alcohol motifs (C(OH)–C–C–N with tert-alkyl or cyclic N) is 1. The largest absolute Gasteiger partial charge is 1.00 e. The van der Waals surface area contributed by atoms with Gasteiger partial charge in [0.25, 0.3) is 6.47 Å². The van der Waals surface area contributed by atoms with Gasteiger partial charge in [0.15, 0.2) is 0 Å². The SMILES string of the molecule is Cl.F[C@@H]1CCCNC1.O=CO[O-].OCCBr.OCCN1CCC[C@@H](F)C1.[H-].[K+].[K+]. The predicted octanol–water partition coefficient (Wildman–Crippen LogP) is -5.53. The molecule has 0 aromatic carbocycles. The number of carbonyl (C=O) groups is 1. The van der Waals surface area contributed by atoms with Crippen molar-refractivity contribution in [3.05, 3.63) is 0 Å². The predicted molar refractivity (Wildman–Crippen MR) is 101 cm³/mol. The van der Waals surface area contributed by atoms with Crippen LogP contribution in [0, 0.1) is 0 Å². The third-order valence-electron chi connectivity index (χ3n) is 3.22. The van der Waals surface area contributed by atoms with E-state index in [1.807, 2.05) is 4.90 Å². The van der Waals surface area contributed by atoms with Gasteiger partial charge in [-0.15, -0.1) is 12.4 Å². The summed E-state index contributed by atoms with van der Waals surface area (Å²) in [7, 11) is 0. The molecule has 0 saturated carbocycles. The molecular weight excluding hydrogens is 520 g/mol. The summed E-state index contributed by atoms with van der Waals surface area (Å²) < 4.78 is 24.8. The molecule has 0 aliphatic carbocycles. The first-order valence-electron chi connectivity index (χ1n) is 8.26. The zero-order valence-electron chi connectivity index (χ0n) is 17.8. The molecule has 7 nitrogen and oxygen atoms in total. The summed E-state index contributed by atoms with van der Waals surface area (Å²) in [4.78, 5) is 13.2. The Morgan fingerprint density at radius 2 is 1.75 bits per heavy atom. The number of halogens is 4. The number of rotatable bonds is 4. The molecule has 2 fully saturated rings.